The molecule has 0 bridgehead atoms. The zero-order valence-corrected chi connectivity index (χ0v) is 10.5. The van der Waals surface area contributed by atoms with Crippen molar-refractivity contribution < 1.29 is 17.6 Å². The van der Waals surface area contributed by atoms with E-state index in [-0.39, 0.29) is 12.2 Å². The van der Waals surface area contributed by atoms with Crippen LogP contribution in [0.2, 0.25) is 0 Å². The molecule has 0 radical (unpaired) electrons. The molecule has 0 fully saturated rings. The van der Waals surface area contributed by atoms with E-state index in [1.54, 1.807) is 6.07 Å². The Morgan fingerprint density at radius 1 is 1.00 bits per heavy atom. The van der Waals surface area contributed by atoms with E-state index >= 15 is 0 Å². The first-order valence-corrected chi connectivity index (χ1v) is 6.03. The molecule has 1 unspecified atom stereocenters. The lowest BCUT2D eigenvalue weighted by atomic mass is 9.98. The van der Waals surface area contributed by atoms with Crippen LogP contribution in [0.4, 0.5) is 17.6 Å². The van der Waals surface area contributed by atoms with Crippen LogP contribution in [-0.2, 0) is 12.6 Å². The van der Waals surface area contributed by atoms with Crippen LogP contribution >= 0.6 is 0 Å². The summed E-state index contributed by atoms with van der Waals surface area (Å²) in [5.41, 5.74) is 6.42. The van der Waals surface area contributed by atoms with Gasteiger partial charge in [0.05, 0.1) is 5.56 Å². The average molecular weight is 283 g/mol. The van der Waals surface area contributed by atoms with Gasteiger partial charge in [0, 0.05) is 6.04 Å². The van der Waals surface area contributed by atoms with Gasteiger partial charge < -0.3 is 5.73 Å². The summed E-state index contributed by atoms with van der Waals surface area (Å²) in [5.74, 6) is -0.375. The lowest BCUT2D eigenvalue weighted by molar-refractivity contribution is -0.137. The maximum Gasteiger partial charge on any atom is 0.416 e. The van der Waals surface area contributed by atoms with Crippen molar-refractivity contribution in [3.8, 4) is 0 Å². The van der Waals surface area contributed by atoms with Gasteiger partial charge in [-0.3, -0.25) is 0 Å². The lowest BCUT2D eigenvalue weighted by Gasteiger charge is -2.14. The molecule has 0 spiro atoms. The smallest absolute Gasteiger partial charge is 0.324 e. The highest BCUT2D eigenvalue weighted by Crippen LogP contribution is 2.30. The Morgan fingerprint density at radius 3 is 2.25 bits per heavy atom. The van der Waals surface area contributed by atoms with Crippen LogP contribution in [0.15, 0.2) is 48.5 Å². The zero-order valence-electron chi connectivity index (χ0n) is 10.5. The van der Waals surface area contributed by atoms with Gasteiger partial charge in [0.1, 0.15) is 5.82 Å². The van der Waals surface area contributed by atoms with Crippen molar-refractivity contribution >= 4 is 0 Å². The first-order valence-electron chi connectivity index (χ1n) is 6.03. The van der Waals surface area contributed by atoms with Crippen LogP contribution in [0.1, 0.15) is 22.7 Å². The van der Waals surface area contributed by atoms with E-state index in [0.29, 0.717) is 11.1 Å². The van der Waals surface area contributed by atoms with Gasteiger partial charge in [-0.2, -0.15) is 13.2 Å². The molecule has 2 aromatic rings. The second-order valence-electron chi connectivity index (χ2n) is 4.56. The summed E-state index contributed by atoms with van der Waals surface area (Å²) in [6, 6.07) is 10.2. The Kier molecular flexibility index (Phi) is 4.09. The van der Waals surface area contributed by atoms with Gasteiger partial charge in [-0.1, -0.05) is 30.3 Å². The molecule has 0 saturated heterocycles. The number of alkyl halides is 3. The monoisotopic (exact) mass is 283 g/mol. The number of hydrogen-bond acceptors (Lipinski definition) is 1. The summed E-state index contributed by atoms with van der Waals surface area (Å²) in [6.07, 6.45) is -4.11. The molecule has 20 heavy (non-hydrogen) atoms. The summed E-state index contributed by atoms with van der Waals surface area (Å²) in [6.45, 7) is 0. The Labute approximate surface area is 114 Å². The number of halogens is 4. The van der Waals surface area contributed by atoms with Crippen molar-refractivity contribution in [3.05, 3.63) is 71.0 Å². The minimum absolute atomic E-state index is 0.259. The SMILES string of the molecule is NC(Cc1cccc(C(F)(F)F)c1)c1ccc(F)cc1. The van der Waals surface area contributed by atoms with Crippen molar-refractivity contribution in [2.24, 2.45) is 5.73 Å². The van der Waals surface area contributed by atoms with Gasteiger partial charge in [-0.05, 0) is 35.7 Å². The molecular weight excluding hydrogens is 270 g/mol. The molecule has 0 aliphatic heterocycles. The fourth-order valence-electron chi connectivity index (χ4n) is 1.96. The largest absolute Gasteiger partial charge is 0.416 e. The Hall–Kier alpha value is -1.88. The van der Waals surface area contributed by atoms with Gasteiger partial charge in [0.25, 0.3) is 0 Å². The van der Waals surface area contributed by atoms with Gasteiger partial charge in [-0.25, -0.2) is 4.39 Å². The summed E-state index contributed by atoms with van der Waals surface area (Å²) in [7, 11) is 0. The number of hydrogen-bond donors (Lipinski definition) is 1. The molecule has 0 saturated carbocycles. The summed E-state index contributed by atoms with van der Waals surface area (Å²) in [4.78, 5) is 0. The summed E-state index contributed by atoms with van der Waals surface area (Å²) >= 11 is 0. The molecule has 2 aromatic carbocycles. The van der Waals surface area contributed by atoms with Crippen LogP contribution in [0.5, 0.6) is 0 Å². The van der Waals surface area contributed by atoms with Gasteiger partial charge in [0.15, 0.2) is 0 Å². The third kappa shape index (κ3) is 3.57. The maximum atomic E-state index is 12.8. The molecule has 0 aliphatic rings. The first-order chi connectivity index (χ1) is 9.36. The predicted molar refractivity (Wildman–Crippen MR) is 68.5 cm³/mol. The molecule has 106 valence electrons. The fraction of sp³-hybridized carbons (Fsp3) is 0.200. The molecule has 1 atom stereocenters. The molecule has 2 rings (SSSR count). The molecule has 0 heterocycles. The minimum atomic E-state index is -4.37. The Morgan fingerprint density at radius 2 is 1.65 bits per heavy atom. The van der Waals surface area contributed by atoms with Crippen LogP contribution in [0, 0.1) is 5.82 Å². The van der Waals surface area contributed by atoms with E-state index in [1.807, 2.05) is 0 Å². The van der Waals surface area contributed by atoms with Gasteiger partial charge in [-0.15, -0.1) is 0 Å². The molecular formula is C15H13F4N. The van der Waals surface area contributed by atoms with Gasteiger partial charge in [0.2, 0.25) is 0 Å². The number of benzene rings is 2. The molecule has 1 nitrogen and oxygen atoms in total. The summed E-state index contributed by atoms with van der Waals surface area (Å²) < 4.78 is 50.6. The Balaban J connectivity index is 2.15. The minimum Gasteiger partial charge on any atom is -0.324 e. The maximum absolute atomic E-state index is 12.8. The molecule has 2 N–H and O–H groups in total. The topological polar surface area (TPSA) is 26.0 Å². The fourth-order valence-corrected chi connectivity index (χ4v) is 1.96. The molecule has 0 aliphatic carbocycles. The highest BCUT2D eigenvalue weighted by Gasteiger charge is 2.30. The van der Waals surface area contributed by atoms with E-state index in [4.69, 9.17) is 5.73 Å². The second-order valence-corrected chi connectivity index (χ2v) is 4.56. The summed E-state index contributed by atoms with van der Waals surface area (Å²) in [5, 5.41) is 0. The van der Waals surface area contributed by atoms with E-state index in [9.17, 15) is 17.6 Å². The highest BCUT2D eigenvalue weighted by molar-refractivity contribution is 5.28. The normalized spacial score (nSPS) is 13.2. The van der Waals surface area contributed by atoms with Crippen LogP contribution in [-0.4, -0.2) is 0 Å². The quantitative estimate of drug-likeness (QED) is 0.844. The average Bonchev–Trinajstić information content (AvgIpc) is 2.38. The van der Waals surface area contributed by atoms with Crippen molar-refractivity contribution in [2.75, 3.05) is 0 Å². The molecule has 5 heteroatoms. The Bertz CT molecular complexity index is 575. The zero-order chi connectivity index (χ0) is 14.8. The second kappa shape index (κ2) is 5.63. The first kappa shape index (κ1) is 14.5. The van der Waals surface area contributed by atoms with Crippen LogP contribution in [0.3, 0.4) is 0 Å². The third-order valence-electron chi connectivity index (χ3n) is 3.01. The van der Waals surface area contributed by atoms with Crippen LogP contribution < -0.4 is 5.73 Å². The van der Waals surface area contributed by atoms with Crippen LogP contribution in [0.25, 0.3) is 0 Å². The van der Waals surface area contributed by atoms with E-state index in [1.165, 1.54) is 30.3 Å². The van der Waals surface area contributed by atoms with E-state index in [2.05, 4.69) is 0 Å². The highest BCUT2D eigenvalue weighted by atomic mass is 19.4. The standard InChI is InChI=1S/C15H13F4N/c16-13-6-4-11(5-7-13)14(20)9-10-2-1-3-12(8-10)15(17,18)19/h1-8,14H,9,20H2. The van der Waals surface area contributed by atoms with E-state index in [0.717, 1.165) is 12.1 Å². The number of nitrogens with two attached hydrogens (primary N) is 1. The van der Waals surface area contributed by atoms with Crippen molar-refractivity contribution in [2.45, 2.75) is 18.6 Å². The molecule has 0 amide bonds. The third-order valence-corrected chi connectivity index (χ3v) is 3.01. The van der Waals surface area contributed by atoms with Crippen molar-refractivity contribution in [3.63, 3.8) is 0 Å². The number of rotatable bonds is 3. The lowest BCUT2D eigenvalue weighted by Crippen LogP contribution is -2.14. The van der Waals surface area contributed by atoms with Crippen molar-refractivity contribution in [1.29, 1.82) is 0 Å². The van der Waals surface area contributed by atoms with Crippen molar-refractivity contribution in [1.82, 2.24) is 0 Å². The molecule has 0 aromatic heterocycles. The predicted octanol–water partition coefficient (Wildman–Crippen LogP) is 4.09. The van der Waals surface area contributed by atoms with E-state index < -0.39 is 17.8 Å². The van der Waals surface area contributed by atoms with Gasteiger partial charge >= 0.3 is 6.18 Å².